The number of thiophene rings is 1. The molecular weight excluding hydrogens is 290 g/mol. The molecule has 0 unspecified atom stereocenters. The van der Waals surface area contributed by atoms with Crippen molar-refractivity contribution in [2.75, 3.05) is 18.0 Å². The van der Waals surface area contributed by atoms with Crippen molar-refractivity contribution >= 4 is 33.7 Å². The summed E-state index contributed by atoms with van der Waals surface area (Å²) >= 11 is 3.31. The van der Waals surface area contributed by atoms with Crippen molar-refractivity contribution in [2.45, 2.75) is 26.8 Å². The standard InChI is InChI=1S/C14H19N3OS2/c1-3-17(11(2)18)14-16-12(10-20-14)9-15-7-6-13-5-4-8-19-13/h4-5,8,10,15H,3,6-7,9H2,1-2H3. The lowest BCUT2D eigenvalue weighted by molar-refractivity contribution is -0.116. The fourth-order valence-electron chi connectivity index (χ4n) is 1.88. The van der Waals surface area contributed by atoms with Crippen LogP contribution in [0.25, 0.3) is 0 Å². The van der Waals surface area contributed by atoms with E-state index in [1.807, 2.05) is 12.3 Å². The summed E-state index contributed by atoms with van der Waals surface area (Å²) < 4.78 is 0. The monoisotopic (exact) mass is 309 g/mol. The molecule has 0 aliphatic rings. The second kappa shape index (κ2) is 7.52. The first kappa shape index (κ1) is 15.2. The molecule has 0 saturated carbocycles. The van der Waals surface area contributed by atoms with Gasteiger partial charge in [0.1, 0.15) is 0 Å². The number of hydrogen-bond donors (Lipinski definition) is 1. The van der Waals surface area contributed by atoms with Gasteiger partial charge in [-0.15, -0.1) is 22.7 Å². The van der Waals surface area contributed by atoms with Gasteiger partial charge < -0.3 is 5.32 Å². The van der Waals surface area contributed by atoms with E-state index in [1.54, 1.807) is 23.2 Å². The summed E-state index contributed by atoms with van der Waals surface area (Å²) in [5.74, 6) is 0.0408. The van der Waals surface area contributed by atoms with Crippen LogP contribution in [0, 0.1) is 0 Å². The van der Waals surface area contributed by atoms with Crippen LogP contribution in [0.5, 0.6) is 0 Å². The molecule has 0 aliphatic carbocycles. The van der Waals surface area contributed by atoms with Crippen molar-refractivity contribution in [3.8, 4) is 0 Å². The maximum Gasteiger partial charge on any atom is 0.225 e. The zero-order valence-electron chi connectivity index (χ0n) is 11.8. The maximum absolute atomic E-state index is 11.5. The Balaban J connectivity index is 1.79. The summed E-state index contributed by atoms with van der Waals surface area (Å²) in [6, 6.07) is 4.23. The van der Waals surface area contributed by atoms with Crippen LogP contribution in [-0.2, 0) is 17.8 Å². The maximum atomic E-state index is 11.5. The molecule has 0 radical (unpaired) electrons. The molecule has 4 nitrogen and oxygen atoms in total. The highest BCUT2D eigenvalue weighted by atomic mass is 32.1. The summed E-state index contributed by atoms with van der Waals surface area (Å²) in [6.07, 6.45) is 1.04. The SMILES string of the molecule is CCN(C(C)=O)c1nc(CNCCc2cccs2)cs1. The quantitative estimate of drug-likeness (QED) is 0.800. The van der Waals surface area contributed by atoms with Gasteiger partial charge in [0, 0.05) is 36.8 Å². The molecule has 0 aliphatic heterocycles. The van der Waals surface area contributed by atoms with Crippen LogP contribution in [0.3, 0.4) is 0 Å². The number of nitrogens with zero attached hydrogens (tertiary/aromatic N) is 2. The molecule has 0 bridgehead atoms. The number of anilines is 1. The summed E-state index contributed by atoms with van der Waals surface area (Å²) in [7, 11) is 0. The highest BCUT2D eigenvalue weighted by Gasteiger charge is 2.12. The van der Waals surface area contributed by atoms with Crippen molar-refractivity contribution in [1.82, 2.24) is 10.3 Å². The molecule has 1 N–H and O–H groups in total. The van der Waals surface area contributed by atoms with Crippen molar-refractivity contribution in [1.29, 1.82) is 0 Å². The number of aromatic nitrogens is 1. The van der Waals surface area contributed by atoms with Crippen LogP contribution < -0.4 is 10.2 Å². The Morgan fingerprint density at radius 2 is 2.30 bits per heavy atom. The Hall–Kier alpha value is -1.24. The molecule has 0 fully saturated rings. The molecule has 0 atom stereocenters. The number of amides is 1. The van der Waals surface area contributed by atoms with Gasteiger partial charge in [0.05, 0.1) is 5.69 Å². The Morgan fingerprint density at radius 1 is 1.45 bits per heavy atom. The van der Waals surface area contributed by atoms with Gasteiger partial charge >= 0.3 is 0 Å². The van der Waals surface area contributed by atoms with E-state index in [1.165, 1.54) is 16.2 Å². The first-order chi connectivity index (χ1) is 9.70. The van der Waals surface area contributed by atoms with Crippen LogP contribution in [0.2, 0.25) is 0 Å². The van der Waals surface area contributed by atoms with Crippen LogP contribution in [-0.4, -0.2) is 24.0 Å². The minimum atomic E-state index is 0.0408. The van der Waals surface area contributed by atoms with E-state index >= 15 is 0 Å². The van der Waals surface area contributed by atoms with Gasteiger partial charge in [-0.3, -0.25) is 9.69 Å². The number of hydrogen-bond acceptors (Lipinski definition) is 5. The molecule has 0 aromatic carbocycles. The van der Waals surface area contributed by atoms with Gasteiger partial charge in [-0.2, -0.15) is 0 Å². The van der Waals surface area contributed by atoms with Crippen molar-refractivity contribution in [3.05, 3.63) is 33.5 Å². The fraction of sp³-hybridized carbons (Fsp3) is 0.429. The van der Waals surface area contributed by atoms with Gasteiger partial charge in [-0.05, 0) is 24.8 Å². The summed E-state index contributed by atoms with van der Waals surface area (Å²) in [4.78, 5) is 19.0. The lowest BCUT2D eigenvalue weighted by Crippen LogP contribution is -2.27. The summed E-state index contributed by atoms with van der Waals surface area (Å²) in [6.45, 7) is 5.88. The van der Waals surface area contributed by atoms with E-state index in [2.05, 4.69) is 27.8 Å². The van der Waals surface area contributed by atoms with E-state index in [0.717, 1.165) is 30.3 Å². The number of carbonyl (C=O) groups is 1. The number of carbonyl (C=O) groups excluding carboxylic acids is 1. The topological polar surface area (TPSA) is 45.2 Å². The molecule has 2 heterocycles. The van der Waals surface area contributed by atoms with Crippen LogP contribution in [0.15, 0.2) is 22.9 Å². The number of thiazole rings is 1. The lowest BCUT2D eigenvalue weighted by atomic mass is 10.3. The molecule has 1 amide bonds. The zero-order valence-corrected chi connectivity index (χ0v) is 13.4. The van der Waals surface area contributed by atoms with Crippen molar-refractivity contribution < 1.29 is 4.79 Å². The third kappa shape index (κ3) is 4.13. The van der Waals surface area contributed by atoms with Crippen LogP contribution in [0.4, 0.5) is 5.13 Å². The minimum Gasteiger partial charge on any atom is -0.311 e. The predicted octanol–water partition coefficient (Wildman–Crippen LogP) is 2.91. The highest BCUT2D eigenvalue weighted by molar-refractivity contribution is 7.14. The third-order valence-electron chi connectivity index (χ3n) is 2.90. The third-order valence-corrected chi connectivity index (χ3v) is 4.75. The van der Waals surface area contributed by atoms with Crippen LogP contribution in [0.1, 0.15) is 24.4 Å². The highest BCUT2D eigenvalue weighted by Crippen LogP contribution is 2.20. The molecule has 20 heavy (non-hydrogen) atoms. The minimum absolute atomic E-state index is 0.0408. The predicted molar refractivity (Wildman–Crippen MR) is 85.5 cm³/mol. The van der Waals surface area contributed by atoms with E-state index < -0.39 is 0 Å². The Labute approximate surface area is 127 Å². The summed E-state index contributed by atoms with van der Waals surface area (Å²) in [5.41, 5.74) is 0.996. The van der Waals surface area contributed by atoms with E-state index in [-0.39, 0.29) is 5.91 Å². The average Bonchev–Trinajstić information content (AvgIpc) is 3.06. The molecule has 2 aromatic heterocycles. The van der Waals surface area contributed by atoms with Gasteiger partial charge in [0.15, 0.2) is 5.13 Å². The molecule has 0 spiro atoms. The first-order valence-corrected chi connectivity index (χ1v) is 8.42. The number of rotatable bonds is 7. The molecule has 2 aromatic rings. The van der Waals surface area contributed by atoms with Crippen molar-refractivity contribution in [2.24, 2.45) is 0 Å². The molecular formula is C14H19N3OS2. The van der Waals surface area contributed by atoms with Crippen molar-refractivity contribution in [3.63, 3.8) is 0 Å². The van der Waals surface area contributed by atoms with Gasteiger partial charge in [-0.25, -0.2) is 4.98 Å². The summed E-state index contributed by atoms with van der Waals surface area (Å²) in [5, 5.41) is 8.29. The normalized spacial score (nSPS) is 10.7. The average molecular weight is 309 g/mol. The van der Waals surface area contributed by atoms with Crippen LogP contribution >= 0.6 is 22.7 Å². The van der Waals surface area contributed by atoms with E-state index in [0.29, 0.717) is 6.54 Å². The molecule has 2 rings (SSSR count). The van der Waals surface area contributed by atoms with E-state index in [9.17, 15) is 4.79 Å². The molecule has 108 valence electrons. The van der Waals surface area contributed by atoms with Gasteiger partial charge in [0.2, 0.25) is 5.91 Å². The second-order valence-corrected chi connectivity index (χ2v) is 6.26. The first-order valence-electron chi connectivity index (χ1n) is 6.66. The van der Waals surface area contributed by atoms with Gasteiger partial charge in [0.25, 0.3) is 0 Å². The number of nitrogens with one attached hydrogen (secondary N) is 1. The van der Waals surface area contributed by atoms with E-state index in [4.69, 9.17) is 0 Å². The fourth-order valence-corrected chi connectivity index (χ4v) is 3.52. The smallest absolute Gasteiger partial charge is 0.225 e. The Bertz CT molecular complexity index is 536. The molecule has 0 saturated heterocycles. The Morgan fingerprint density at radius 3 is 2.95 bits per heavy atom. The molecule has 6 heteroatoms. The zero-order chi connectivity index (χ0) is 14.4. The lowest BCUT2D eigenvalue weighted by Gasteiger charge is -2.14. The second-order valence-electron chi connectivity index (χ2n) is 4.39. The Kier molecular flexibility index (Phi) is 5.70. The largest absolute Gasteiger partial charge is 0.311 e. The van der Waals surface area contributed by atoms with Gasteiger partial charge in [-0.1, -0.05) is 6.07 Å².